The van der Waals surface area contributed by atoms with Gasteiger partial charge in [0.05, 0.1) is 5.69 Å². The van der Waals surface area contributed by atoms with Crippen molar-refractivity contribution in [3.63, 3.8) is 0 Å². The number of amides is 2. The summed E-state index contributed by atoms with van der Waals surface area (Å²) in [6.45, 7) is 0.299. The lowest BCUT2D eigenvalue weighted by Crippen LogP contribution is -2.23. The van der Waals surface area contributed by atoms with Crippen LogP contribution in [-0.2, 0) is 19.4 Å². The van der Waals surface area contributed by atoms with E-state index in [9.17, 15) is 9.59 Å². The Balaban J connectivity index is 1.20. The highest BCUT2D eigenvalue weighted by molar-refractivity contribution is 7.16. The van der Waals surface area contributed by atoms with Crippen LogP contribution in [0, 0.1) is 0 Å². The molecule has 1 aliphatic rings. The Hall–Kier alpha value is -3.43. The fraction of sp³-hybridized carbons (Fsp3) is 0.208. The van der Waals surface area contributed by atoms with E-state index >= 15 is 0 Å². The van der Waals surface area contributed by atoms with Crippen molar-refractivity contribution in [2.45, 2.75) is 32.2 Å². The number of nitrogens with zero attached hydrogens (tertiary/aromatic N) is 3. The minimum Gasteiger partial charge on any atom is -0.347 e. The molecule has 9 heteroatoms. The van der Waals surface area contributed by atoms with E-state index < -0.39 is 0 Å². The van der Waals surface area contributed by atoms with Crippen molar-refractivity contribution < 1.29 is 9.59 Å². The average Bonchev–Trinajstić information content (AvgIpc) is 3.50. The molecule has 2 amide bonds. The van der Waals surface area contributed by atoms with E-state index in [0.717, 1.165) is 41.1 Å². The summed E-state index contributed by atoms with van der Waals surface area (Å²) in [4.78, 5) is 39.6. The van der Waals surface area contributed by atoms with E-state index in [-0.39, 0.29) is 11.8 Å². The molecule has 0 unspecified atom stereocenters. The van der Waals surface area contributed by atoms with Crippen molar-refractivity contribution in [2.24, 2.45) is 0 Å². The van der Waals surface area contributed by atoms with Crippen LogP contribution < -0.4 is 10.6 Å². The van der Waals surface area contributed by atoms with Gasteiger partial charge in [-0.1, -0.05) is 12.1 Å². The summed E-state index contributed by atoms with van der Waals surface area (Å²) >= 11 is 2.98. The molecule has 0 spiro atoms. The topological polar surface area (TPSA) is 96.9 Å². The first kappa shape index (κ1) is 21.4. The molecular formula is C24H21N5O2S2. The number of rotatable bonds is 6. The molecule has 33 heavy (non-hydrogen) atoms. The molecule has 0 fully saturated rings. The van der Waals surface area contributed by atoms with Gasteiger partial charge in [-0.2, -0.15) is 0 Å². The lowest BCUT2D eigenvalue weighted by Gasteiger charge is -2.07. The number of aromatic nitrogens is 3. The standard InChI is InChI=1S/C24H21N5O2S2/c30-21(29-24-28-18-6-1-2-7-20(18)33-24)17-5-3-4-15(12-17)13-26-22(31)19-14-32-23(27-19)16-8-10-25-11-9-16/h3-5,8-12,14H,1-2,6-7,13H2,(H,26,31)(H,28,29,30). The van der Waals surface area contributed by atoms with E-state index in [1.165, 1.54) is 22.6 Å². The Morgan fingerprint density at radius 2 is 1.85 bits per heavy atom. The summed E-state index contributed by atoms with van der Waals surface area (Å²) in [6.07, 6.45) is 7.76. The first-order valence-corrected chi connectivity index (χ1v) is 12.4. The van der Waals surface area contributed by atoms with Crippen LogP contribution in [0.4, 0.5) is 5.13 Å². The van der Waals surface area contributed by atoms with Gasteiger partial charge in [0.1, 0.15) is 10.7 Å². The zero-order valence-electron chi connectivity index (χ0n) is 17.7. The van der Waals surface area contributed by atoms with Crippen molar-refractivity contribution in [1.29, 1.82) is 0 Å². The van der Waals surface area contributed by atoms with Gasteiger partial charge in [-0.15, -0.1) is 22.7 Å². The normalized spacial score (nSPS) is 12.7. The third kappa shape index (κ3) is 4.99. The maximum absolute atomic E-state index is 12.7. The number of carbonyl (C=O) groups excluding carboxylic acids is 2. The molecule has 3 heterocycles. The van der Waals surface area contributed by atoms with Crippen molar-refractivity contribution >= 4 is 39.6 Å². The van der Waals surface area contributed by atoms with Gasteiger partial charge in [-0.3, -0.25) is 19.9 Å². The van der Waals surface area contributed by atoms with Crippen molar-refractivity contribution in [2.75, 3.05) is 5.32 Å². The van der Waals surface area contributed by atoms with Gasteiger partial charge in [0, 0.05) is 40.3 Å². The van der Waals surface area contributed by atoms with Gasteiger partial charge < -0.3 is 5.32 Å². The van der Waals surface area contributed by atoms with Crippen molar-refractivity contribution in [1.82, 2.24) is 20.3 Å². The highest BCUT2D eigenvalue weighted by Gasteiger charge is 2.17. The van der Waals surface area contributed by atoms with E-state index in [1.807, 2.05) is 24.3 Å². The average molecular weight is 476 g/mol. The van der Waals surface area contributed by atoms with Crippen LogP contribution in [0.2, 0.25) is 0 Å². The molecule has 3 aromatic heterocycles. The predicted molar refractivity (Wildman–Crippen MR) is 130 cm³/mol. The van der Waals surface area contributed by atoms with E-state index in [2.05, 4.69) is 25.6 Å². The van der Waals surface area contributed by atoms with Gasteiger partial charge in [0.2, 0.25) is 0 Å². The summed E-state index contributed by atoms with van der Waals surface area (Å²) in [7, 11) is 0. The van der Waals surface area contributed by atoms with E-state index in [4.69, 9.17) is 0 Å². The highest BCUT2D eigenvalue weighted by Crippen LogP contribution is 2.29. The summed E-state index contributed by atoms with van der Waals surface area (Å²) in [5.74, 6) is -0.453. The molecule has 7 nitrogen and oxygen atoms in total. The Kier molecular flexibility index (Phi) is 6.23. The Labute approximate surface area is 199 Å². The second-order valence-electron chi connectivity index (χ2n) is 7.71. The molecule has 1 aromatic carbocycles. The van der Waals surface area contributed by atoms with Crippen LogP contribution in [0.15, 0.2) is 54.2 Å². The zero-order chi connectivity index (χ0) is 22.6. The fourth-order valence-corrected chi connectivity index (χ4v) is 5.53. The molecule has 0 bridgehead atoms. The monoisotopic (exact) mass is 475 g/mol. The number of nitrogens with one attached hydrogen (secondary N) is 2. The predicted octanol–water partition coefficient (Wildman–Crippen LogP) is 4.72. The molecule has 0 radical (unpaired) electrons. The summed E-state index contributed by atoms with van der Waals surface area (Å²) in [5, 5.41) is 8.96. The van der Waals surface area contributed by atoms with Crippen LogP contribution >= 0.6 is 22.7 Å². The number of hydrogen-bond acceptors (Lipinski definition) is 7. The molecule has 0 saturated carbocycles. The number of hydrogen-bond donors (Lipinski definition) is 2. The summed E-state index contributed by atoms with van der Waals surface area (Å²) < 4.78 is 0. The Morgan fingerprint density at radius 3 is 2.70 bits per heavy atom. The Morgan fingerprint density at radius 1 is 1.00 bits per heavy atom. The maximum Gasteiger partial charge on any atom is 0.271 e. The van der Waals surface area contributed by atoms with E-state index in [1.54, 1.807) is 41.2 Å². The first-order valence-electron chi connectivity index (χ1n) is 10.7. The van der Waals surface area contributed by atoms with Gasteiger partial charge in [-0.05, 0) is 55.5 Å². The minimum absolute atomic E-state index is 0.198. The van der Waals surface area contributed by atoms with Crippen LogP contribution in [0.3, 0.4) is 0 Å². The maximum atomic E-state index is 12.7. The molecule has 166 valence electrons. The lowest BCUT2D eigenvalue weighted by molar-refractivity contribution is 0.0946. The van der Waals surface area contributed by atoms with Crippen LogP contribution in [-0.4, -0.2) is 26.8 Å². The molecule has 2 N–H and O–H groups in total. The number of anilines is 1. The highest BCUT2D eigenvalue weighted by atomic mass is 32.1. The van der Waals surface area contributed by atoms with Crippen LogP contribution in [0.5, 0.6) is 0 Å². The largest absolute Gasteiger partial charge is 0.347 e. The number of thiazole rings is 2. The second kappa shape index (κ2) is 9.60. The number of benzene rings is 1. The molecule has 0 atom stereocenters. The van der Waals surface area contributed by atoms with Crippen LogP contribution in [0.25, 0.3) is 10.6 Å². The quantitative estimate of drug-likeness (QED) is 0.420. The first-order chi connectivity index (χ1) is 16.2. The third-order valence-electron chi connectivity index (χ3n) is 5.37. The number of fused-ring (bicyclic) bond motifs is 1. The number of aryl methyl sites for hydroxylation is 2. The van der Waals surface area contributed by atoms with Gasteiger partial charge in [0.25, 0.3) is 11.8 Å². The molecule has 5 rings (SSSR count). The minimum atomic E-state index is -0.255. The SMILES string of the molecule is O=C(Nc1nc2c(s1)CCCC2)c1cccc(CNC(=O)c2csc(-c3ccncc3)n2)c1. The smallest absolute Gasteiger partial charge is 0.271 e. The summed E-state index contributed by atoms with van der Waals surface area (Å²) in [5.41, 5.74) is 3.78. The Bertz CT molecular complexity index is 1280. The van der Waals surface area contributed by atoms with Crippen molar-refractivity contribution in [3.05, 3.63) is 81.6 Å². The van der Waals surface area contributed by atoms with Gasteiger partial charge in [0.15, 0.2) is 5.13 Å². The number of pyridine rings is 1. The fourth-order valence-electron chi connectivity index (χ4n) is 3.68. The number of carbonyl (C=O) groups is 2. The van der Waals surface area contributed by atoms with Crippen LogP contribution in [0.1, 0.15) is 49.8 Å². The van der Waals surface area contributed by atoms with E-state index in [0.29, 0.717) is 22.9 Å². The molecule has 4 aromatic rings. The van der Waals surface area contributed by atoms with Gasteiger partial charge in [-0.25, -0.2) is 9.97 Å². The summed E-state index contributed by atoms with van der Waals surface area (Å²) in [6, 6.07) is 11.0. The lowest BCUT2D eigenvalue weighted by atomic mass is 10.0. The molecule has 0 aliphatic heterocycles. The second-order valence-corrected chi connectivity index (χ2v) is 9.65. The third-order valence-corrected chi connectivity index (χ3v) is 7.34. The molecular weight excluding hydrogens is 454 g/mol. The van der Waals surface area contributed by atoms with Crippen molar-refractivity contribution in [3.8, 4) is 10.6 Å². The molecule has 0 saturated heterocycles. The zero-order valence-corrected chi connectivity index (χ0v) is 19.3. The van der Waals surface area contributed by atoms with Gasteiger partial charge >= 0.3 is 0 Å². The molecule has 1 aliphatic carbocycles.